The lowest BCUT2D eigenvalue weighted by Crippen LogP contribution is -2.36. The van der Waals surface area contributed by atoms with Crippen molar-refractivity contribution in [1.82, 2.24) is 5.43 Å². The van der Waals surface area contributed by atoms with Crippen LogP contribution in [0, 0.1) is 17.8 Å². The lowest BCUT2D eigenvalue weighted by molar-refractivity contribution is 0.172. The van der Waals surface area contributed by atoms with Crippen molar-refractivity contribution in [3.8, 4) is 0 Å². The Kier molecular flexibility index (Phi) is 4.64. The number of hydrogen-bond acceptors (Lipinski definition) is 3. The summed E-state index contributed by atoms with van der Waals surface area (Å²) >= 11 is 5.40. The predicted molar refractivity (Wildman–Crippen MR) is 77.8 cm³/mol. The smallest absolute Gasteiger partial charge is 0.0592 e. The molecule has 4 atom stereocenters. The molecule has 0 spiro atoms. The summed E-state index contributed by atoms with van der Waals surface area (Å²) in [4.78, 5) is 1.35. The van der Waals surface area contributed by atoms with Gasteiger partial charge in [0.15, 0.2) is 0 Å². The van der Waals surface area contributed by atoms with Gasteiger partial charge < -0.3 is 0 Å². The summed E-state index contributed by atoms with van der Waals surface area (Å²) in [5, 5.41) is 2.12. The minimum atomic E-state index is 0.305. The van der Waals surface area contributed by atoms with Crippen LogP contribution in [0.3, 0.4) is 0 Å². The monoisotopic (exact) mass is 316 g/mol. The predicted octanol–water partition coefficient (Wildman–Crippen LogP) is 4.09. The maximum Gasteiger partial charge on any atom is 0.0592 e. The molecule has 17 heavy (non-hydrogen) atoms. The van der Waals surface area contributed by atoms with Gasteiger partial charge in [0.25, 0.3) is 0 Å². The van der Waals surface area contributed by atoms with E-state index in [0.29, 0.717) is 12.0 Å². The highest BCUT2D eigenvalue weighted by atomic mass is 79.9. The molecule has 1 aromatic heterocycles. The Balaban J connectivity index is 2.12. The van der Waals surface area contributed by atoms with Crippen LogP contribution in [0.15, 0.2) is 15.9 Å². The fraction of sp³-hybridized carbons (Fsp3) is 0.692. The first-order chi connectivity index (χ1) is 8.13. The normalized spacial score (nSPS) is 31.4. The first-order valence-corrected chi connectivity index (χ1v) is 7.99. The van der Waals surface area contributed by atoms with E-state index in [-0.39, 0.29) is 0 Å². The molecule has 1 saturated carbocycles. The van der Waals surface area contributed by atoms with Crippen molar-refractivity contribution in [1.29, 1.82) is 0 Å². The minimum absolute atomic E-state index is 0.305. The topological polar surface area (TPSA) is 38.0 Å². The van der Waals surface area contributed by atoms with Gasteiger partial charge in [-0.1, -0.05) is 20.3 Å². The molecule has 1 heterocycles. The standard InChI is InChI=1S/C13H21BrN2S/c1-8-3-4-10(7-9(8)2)12(16-15)13-11(14)5-6-17-13/h5-6,8-10,12,16H,3-4,7,15H2,1-2H3. The second-order valence-corrected chi connectivity index (χ2v) is 7.11. The van der Waals surface area contributed by atoms with E-state index in [4.69, 9.17) is 5.84 Å². The van der Waals surface area contributed by atoms with Crippen LogP contribution in [0.4, 0.5) is 0 Å². The van der Waals surface area contributed by atoms with E-state index >= 15 is 0 Å². The number of hydrogen-bond donors (Lipinski definition) is 2. The van der Waals surface area contributed by atoms with Gasteiger partial charge in [0, 0.05) is 9.35 Å². The lowest BCUT2D eigenvalue weighted by Gasteiger charge is -2.36. The summed E-state index contributed by atoms with van der Waals surface area (Å²) in [5.41, 5.74) is 3.03. The largest absolute Gasteiger partial charge is 0.271 e. The Labute approximate surface area is 116 Å². The van der Waals surface area contributed by atoms with Crippen LogP contribution in [0.2, 0.25) is 0 Å². The molecule has 0 bridgehead atoms. The fourth-order valence-corrected chi connectivity index (χ4v) is 4.62. The Hall–Kier alpha value is 0.100. The molecule has 0 amide bonds. The first-order valence-electron chi connectivity index (χ1n) is 6.32. The molecule has 2 nitrogen and oxygen atoms in total. The quantitative estimate of drug-likeness (QED) is 0.651. The number of hydrazine groups is 1. The average molecular weight is 317 g/mol. The van der Waals surface area contributed by atoms with Gasteiger partial charge in [-0.3, -0.25) is 11.3 Å². The molecule has 0 aromatic carbocycles. The fourth-order valence-electron chi connectivity index (χ4n) is 2.85. The maximum atomic E-state index is 5.78. The van der Waals surface area contributed by atoms with Crippen LogP contribution in [0.5, 0.6) is 0 Å². The van der Waals surface area contributed by atoms with Crippen LogP contribution in [0.1, 0.15) is 44.0 Å². The molecule has 0 saturated heterocycles. The summed E-state index contributed by atoms with van der Waals surface area (Å²) in [5.74, 6) is 8.11. The van der Waals surface area contributed by atoms with Gasteiger partial charge in [-0.15, -0.1) is 11.3 Å². The van der Waals surface area contributed by atoms with Gasteiger partial charge in [-0.2, -0.15) is 0 Å². The van der Waals surface area contributed by atoms with Crippen molar-refractivity contribution in [2.75, 3.05) is 0 Å². The number of nitrogens with one attached hydrogen (secondary N) is 1. The molecule has 1 aliphatic carbocycles. The van der Waals surface area contributed by atoms with Gasteiger partial charge in [0.05, 0.1) is 6.04 Å². The number of rotatable bonds is 3. The number of thiophene rings is 1. The molecule has 1 aliphatic rings. The molecular weight excluding hydrogens is 296 g/mol. The Morgan fingerprint density at radius 3 is 2.71 bits per heavy atom. The third-order valence-electron chi connectivity index (χ3n) is 4.22. The van der Waals surface area contributed by atoms with Crippen LogP contribution in [0.25, 0.3) is 0 Å². The van der Waals surface area contributed by atoms with Crippen LogP contribution in [-0.4, -0.2) is 0 Å². The molecule has 2 rings (SSSR count). The van der Waals surface area contributed by atoms with Crippen molar-refractivity contribution < 1.29 is 0 Å². The third kappa shape index (κ3) is 2.92. The van der Waals surface area contributed by atoms with Crippen molar-refractivity contribution in [2.45, 2.75) is 39.2 Å². The summed E-state index contributed by atoms with van der Waals surface area (Å²) in [6, 6.07) is 2.42. The van der Waals surface area contributed by atoms with E-state index in [1.165, 1.54) is 28.6 Å². The van der Waals surface area contributed by atoms with Crippen LogP contribution in [-0.2, 0) is 0 Å². The molecule has 4 unspecified atom stereocenters. The maximum absolute atomic E-state index is 5.78. The van der Waals surface area contributed by atoms with E-state index in [9.17, 15) is 0 Å². The molecular formula is C13H21BrN2S. The summed E-state index contributed by atoms with van der Waals surface area (Å²) < 4.78 is 1.19. The highest BCUT2D eigenvalue weighted by molar-refractivity contribution is 9.10. The van der Waals surface area contributed by atoms with E-state index in [2.05, 4.69) is 46.6 Å². The average Bonchev–Trinajstić information content (AvgIpc) is 2.71. The number of nitrogens with two attached hydrogens (primary N) is 1. The Morgan fingerprint density at radius 2 is 2.18 bits per heavy atom. The molecule has 0 radical (unpaired) electrons. The van der Waals surface area contributed by atoms with Crippen LogP contribution < -0.4 is 11.3 Å². The molecule has 1 aromatic rings. The van der Waals surface area contributed by atoms with Crippen molar-refractivity contribution in [3.05, 3.63) is 20.8 Å². The van der Waals surface area contributed by atoms with Crippen molar-refractivity contribution in [2.24, 2.45) is 23.6 Å². The highest BCUT2D eigenvalue weighted by Gasteiger charge is 2.31. The molecule has 96 valence electrons. The van der Waals surface area contributed by atoms with E-state index < -0.39 is 0 Å². The first kappa shape index (κ1) is 13.5. The lowest BCUT2D eigenvalue weighted by atomic mass is 9.73. The van der Waals surface area contributed by atoms with Gasteiger partial charge >= 0.3 is 0 Å². The second-order valence-electron chi connectivity index (χ2n) is 5.30. The van der Waals surface area contributed by atoms with Gasteiger partial charge in [0.1, 0.15) is 0 Å². The zero-order valence-electron chi connectivity index (χ0n) is 10.4. The molecule has 3 N–H and O–H groups in total. The summed E-state index contributed by atoms with van der Waals surface area (Å²) in [6.45, 7) is 4.74. The third-order valence-corrected chi connectivity index (χ3v) is 6.17. The Bertz CT molecular complexity index is 366. The molecule has 0 aliphatic heterocycles. The van der Waals surface area contributed by atoms with Crippen LogP contribution >= 0.6 is 27.3 Å². The van der Waals surface area contributed by atoms with Gasteiger partial charge in [0.2, 0.25) is 0 Å². The van der Waals surface area contributed by atoms with E-state index in [1.54, 1.807) is 11.3 Å². The SMILES string of the molecule is CC1CCC(C(NN)c2sccc2Br)CC1C. The number of halogens is 1. The Morgan fingerprint density at radius 1 is 1.41 bits per heavy atom. The highest BCUT2D eigenvalue weighted by Crippen LogP contribution is 2.42. The summed E-state index contributed by atoms with van der Waals surface area (Å²) in [6.07, 6.45) is 3.89. The van der Waals surface area contributed by atoms with Crippen molar-refractivity contribution >= 4 is 27.3 Å². The zero-order valence-corrected chi connectivity index (χ0v) is 12.9. The van der Waals surface area contributed by atoms with E-state index in [0.717, 1.165) is 11.8 Å². The second kappa shape index (κ2) is 5.83. The van der Waals surface area contributed by atoms with E-state index in [1.807, 2.05) is 0 Å². The van der Waals surface area contributed by atoms with Gasteiger partial charge in [-0.05, 0) is 58.0 Å². The van der Waals surface area contributed by atoms with Crippen molar-refractivity contribution in [3.63, 3.8) is 0 Å². The summed E-state index contributed by atoms with van der Waals surface area (Å²) in [7, 11) is 0. The zero-order chi connectivity index (χ0) is 12.4. The van der Waals surface area contributed by atoms with Gasteiger partial charge in [-0.25, -0.2) is 0 Å². The minimum Gasteiger partial charge on any atom is -0.271 e. The molecule has 1 fully saturated rings. The molecule has 4 heteroatoms.